The third-order valence-corrected chi connectivity index (χ3v) is 10.9. The second-order valence-electron chi connectivity index (χ2n) is 13.9. The first-order valence-electron chi connectivity index (χ1n) is 18.2. The van der Waals surface area contributed by atoms with Gasteiger partial charge in [0.25, 0.3) is 16.8 Å². The van der Waals surface area contributed by atoms with Crippen LogP contribution in [0.5, 0.6) is 0 Å². The van der Waals surface area contributed by atoms with Gasteiger partial charge in [0.1, 0.15) is 50.9 Å². The summed E-state index contributed by atoms with van der Waals surface area (Å²) in [6, 6.07) is 23.6. The number of halogens is 2. The molecule has 61 heavy (non-hydrogen) atoms. The van der Waals surface area contributed by atoms with E-state index < -0.39 is 39.8 Å². The average molecular weight is 858 g/mol. The predicted octanol–water partition coefficient (Wildman–Crippen LogP) is 7.79. The van der Waals surface area contributed by atoms with Gasteiger partial charge in [0.15, 0.2) is 0 Å². The summed E-state index contributed by atoms with van der Waals surface area (Å²) < 4.78 is 13.3. The maximum Gasteiger partial charge on any atom is 0.313 e. The van der Waals surface area contributed by atoms with Crippen LogP contribution >= 0.6 is 23.2 Å². The Kier molecular flexibility index (Phi) is 9.40. The lowest BCUT2D eigenvalue weighted by molar-refractivity contribution is -0.384. The van der Waals surface area contributed by atoms with Crippen LogP contribution in [-0.4, -0.2) is 51.3 Å². The number of anilines is 1. The predicted molar refractivity (Wildman–Crippen MR) is 224 cm³/mol. The average Bonchev–Trinajstić information content (AvgIpc) is 3.82. The molecule has 2 N–H and O–H groups in total. The van der Waals surface area contributed by atoms with Gasteiger partial charge < -0.3 is 19.5 Å². The van der Waals surface area contributed by atoms with E-state index in [1.807, 2.05) is 0 Å². The Labute approximate surface area is 350 Å². The number of aliphatic carboxylic acids is 1. The monoisotopic (exact) mass is 856 g/mol. The van der Waals surface area contributed by atoms with Crippen LogP contribution in [0.2, 0.25) is 10.0 Å². The van der Waals surface area contributed by atoms with E-state index in [1.54, 1.807) is 50.2 Å². The number of non-ortho nitro benzene ring substituents is 1. The largest absolute Gasteiger partial charge is 0.481 e. The van der Waals surface area contributed by atoms with Gasteiger partial charge >= 0.3 is 5.97 Å². The number of aryl methyl sites for hydroxylation is 2. The highest BCUT2D eigenvalue weighted by Crippen LogP contribution is 2.37. The van der Waals surface area contributed by atoms with Crippen LogP contribution in [-0.2, 0) is 9.59 Å². The normalized spacial score (nSPS) is 12.6. The number of nitro groups is 1. The molecule has 0 saturated carbocycles. The number of aromatic nitrogens is 6. The molecule has 0 saturated heterocycles. The number of carboxylic acids is 1. The van der Waals surface area contributed by atoms with E-state index in [2.05, 4.69) is 20.6 Å². The molecule has 0 aliphatic rings. The fourth-order valence-corrected chi connectivity index (χ4v) is 8.16. The van der Waals surface area contributed by atoms with Gasteiger partial charge in [-0.3, -0.25) is 38.4 Å². The Balaban J connectivity index is 1.26. The third kappa shape index (κ3) is 6.34. The van der Waals surface area contributed by atoms with Crippen LogP contribution in [0.3, 0.4) is 0 Å². The van der Waals surface area contributed by atoms with E-state index >= 15 is 0 Å². The summed E-state index contributed by atoms with van der Waals surface area (Å²) in [6.45, 7) is 3.13. The number of nitrogens with one attached hydrogen (secondary N) is 1. The molecule has 3 aromatic carbocycles. The lowest BCUT2D eigenvalue weighted by atomic mass is 9.85. The fraction of sp³-hybridized carbons (Fsp3) is 0.0952. The molecule has 2 unspecified atom stereocenters. The Morgan fingerprint density at radius 2 is 1.18 bits per heavy atom. The van der Waals surface area contributed by atoms with Crippen LogP contribution in [0, 0.1) is 24.0 Å². The number of benzene rings is 3. The van der Waals surface area contributed by atoms with Gasteiger partial charge in [-0.2, -0.15) is 0 Å². The first-order valence-corrected chi connectivity index (χ1v) is 19.0. The Morgan fingerprint density at radius 3 is 1.67 bits per heavy atom. The molecule has 0 aliphatic heterocycles. The number of carbonyl (C=O) groups is 2. The molecule has 17 nitrogen and oxygen atoms in total. The molecular weight excluding hydrogens is 831 g/mol. The van der Waals surface area contributed by atoms with E-state index in [0.29, 0.717) is 21.8 Å². The summed E-state index contributed by atoms with van der Waals surface area (Å²) in [5.41, 5.74) is -0.741. The minimum atomic E-state index is -1.82. The molecule has 302 valence electrons. The van der Waals surface area contributed by atoms with Gasteiger partial charge in [0.05, 0.1) is 43.3 Å². The van der Waals surface area contributed by atoms with Crippen LogP contribution in [0.1, 0.15) is 34.7 Å². The first kappa shape index (κ1) is 38.7. The highest BCUT2D eigenvalue weighted by molar-refractivity contribution is 6.38. The Hall–Kier alpha value is -7.76. The molecule has 0 aliphatic carbocycles. The summed E-state index contributed by atoms with van der Waals surface area (Å²) in [7, 11) is 0. The van der Waals surface area contributed by atoms with Crippen molar-refractivity contribution >= 4 is 90.1 Å². The van der Waals surface area contributed by atoms with Gasteiger partial charge in [-0.1, -0.05) is 63.8 Å². The number of carbonyl (C=O) groups excluding carboxylic acids is 1. The number of nitro benzene ring substituents is 1. The van der Waals surface area contributed by atoms with E-state index in [0.717, 1.165) is 6.07 Å². The number of rotatable bonds is 9. The molecule has 9 rings (SSSR count). The summed E-state index contributed by atoms with van der Waals surface area (Å²) in [5.74, 6) is -5.60. The van der Waals surface area contributed by atoms with Crippen LogP contribution in [0.25, 0.3) is 55.2 Å². The molecule has 2 atom stereocenters. The lowest BCUT2D eigenvalue weighted by Gasteiger charge is -2.24. The van der Waals surface area contributed by atoms with Crippen molar-refractivity contribution in [1.82, 2.24) is 29.4 Å². The highest BCUT2D eigenvalue weighted by atomic mass is 35.5. The van der Waals surface area contributed by atoms with Crippen molar-refractivity contribution in [3.63, 3.8) is 0 Å². The zero-order valence-electron chi connectivity index (χ0n) is 31.5. The van der Waals surface area contributed by atoms with E-state index in [4.69, 9.17) is 37.2 Å². The Bertz CT molecular complexity index is 3470. The molecule has 6 aromatic heterocycles. The molecule has 0 bridgehead atoms. The zero-order chi connectivity index (χ0) is 42.9. The number of carboxylic acid groups (broad SMARTS) is 1. The smallest absolute Gasteiger partial charge is 0.313 e. The van der Waals surface area contributed by atoms with Gasteiger partial charge in [-0.05, 0) is 68.4 Å². The molecule has 6 heterocycles. The summed E-state index contributed by atoms with van der Waals surface area (Å²) in [4.78, 5) is 77.1. The van der Waals surface area contributed by atoms with Crippen molar-refractivity contribution in [2.24, 2.45) is 0 Å². The van der Waals surface area contributed by atoms with Crippen LogP contribution < -0.4 is 16.4 Å². The van der Waals surface area contributed by atoms with Crippen molar-refractivity contribution in [3.8, 4) is 11.6 Å². The van der Waals surface area contributed by atoms with Gasteiger partial charge in [-0.15, -0.1) is 0 Å². The second-order valence-corrected chi connectivity index (χ2v) is 14.7. The summed E-state index contributed by atoms with van der Waals surface area (Å²) in [5, 5.41) is 35.0. The highest BCUT2D eigenvalue weighted by Gasteiger charge is 2.39. The Morgan fingerprint density at radius 1 is 0.705 bits per heavy atom. The minimum absolute atomic E-state index is 0.0104. The van der Waals surface area contributed by atoms with Crippen LogP contribution in [0.4, 0.5) is 11.4 Å². The topological polar surface area (TPSA) is 231 Å². The molecular formula is C42H26Cl2N8O9. The maximum absolute atomic E-state index is 14.6. The molecule has 0 radical (unpaired) electrons. The molecule has 19 heteroatoms. The fourth-order valence-electron chi connectivity index (χ4n) is 7.64. The van der Waals surface area contributed by atoms with E-state index in [1.165, 1.54) is 63.7 Å². The first-order chi connectivity index (χ1) is 29.3. The summed E-state index contributed by atoms with van der Waals surface area (Å²) >= 11 is 13.3. The summed E-state index contributed by atoms with van der Waals surface area (Å²) in [6.07, 6.45) is 0. The zero-order valence-corrected chi connectivity index (χ0v) is 33.0. The van der Waals surface area contributed by atoms with Crippen molar-refractivity contribution < 1.29 is 28.7 Å². The number of nitrogens with zero attached hydrogens (tertiary/aromatic N) is 7. The van der Waals surface area contributed by atoms with E-state index in [9.17, 15) is 34.4 Å². The molecule has 0 fully saturated rings. The molecule has 0 spiro atoms. The number of hydrogen-bond donors (Lipinski definition) is 2. The van der Waals surface area contributed by atoms with Crippen molar-refractivity contribution in [2.75, 3.05) is 5.32 Å². The van der Waals surface area contributed by atoms with Crippen molar-refractivity contribution in [3.05, 3.63) is 161 Å². The van der Waals surface area contributed by atoms with Gasteiger partial charge in [0, 0.05) is 28.6 Å². The standard InChI is InChI=1S/C42H26Cl2N8O9/c1-19-31-37(48-60-19)33-23(43)10-4-14-27(33)50(40(31)54)29-16-6-12-25(46-29)35(39(53)45-21-8-3-9-22(18-21)52(58)59)36(42(56)57)26-13-7-17-30(47-26)51-28-15-5-11-24(44)34(28)38-32(41(51)55)20(2)61-49-38/h3-18,35-36H,1-2H3,(H,45,53)(H,56,57). The number of pyridine rings is 4. The SMILES string of the molecule is Cc1onc2c1c(=O)n(-c1cccc(C(C(=O)O)C(C(=O)Nc3cccc([N+](=O)[O-])c3)c3cccc(-n4c(=O)c5c(C)onc5c5c(Cl)cccc54)n3)n1)c1cccc(Cl)c21. The number of fused-ring (bicyclic) bond motifs is 6. The maximum atomic E-state index is 14.6. The quantitative estimate of drug-likeness (QED) is 0.104. The van der Waals surface area contributed by atoms with Gasteiger partial charge in [-0.25, -0.2) is 9.97 Å². The van der Waals surface area contributed by atoms with Crippen molar-refractivity contribution in [2.45, 2.75) is 25.7 Å². The lowest BCUT2D eigenvalue weighted by Crippen LogP contribution is -2.32. The third-order valence-electron chi connectivity index (χ3n) is 10.3. The molecule has 1 amide bonds. The number of hydrogen-bond acceptors (Lipinski definition) is 12. The number of amides is 1. The van der Waals surface area contributed by atoms with E-state index in [-0.39, 0.29) is 77.8 Å². The van der Waals surface area contributed by atoms with Crippen LogP contribution in [0.15, 0.2) is 116 Å². The van der Waals surface area contributed by atoms with Crippen molar-refractivity contribution in [1.29, 1.82) is 0 Å². The molecule has 9 aromatic rings. The second kappa shape index (κ2) is 14.8. The van der Waals surface area contributed by atoms with Gasteiger partial charge in [0.2, 0.25) is 5.91 Å². The minimum Gasteiger partial charge on any atom is -0.481 e.